The summed E-state index contributed by atoms with van der Waals surface area (Å²) in [6.45, 7) is 4.08. The number of carbonyl (C=O) groups excluding carboxylic acids is 1. The topological polar surface area (TPSA) is 68.5 Å². The maximum absolute atomic E-state index is 12.6. The van der Waals surface area contributed by atoms with Crippen LogP contribution in [0.1, 0.15) is 5.56 Å². The second-order valence-electron chi connectivity index (χ2n) is 4.82. The highest BCUT2D eigenvalue weighted by Gasteiger charge is 2.29. The molecule has 1 aliphatic heterocycles. The van der Waals surface area contributed by atoms with Gasteiger partial charge in [0.1, 0.15) is 0 Å². The van der Waals surface area contributed by atoms with Crippen molar-refractivity contribution in [3.63, 3.8) is 0 Å². The number of ether oxygens (including phenoxy) is 1. The minimum Gasteiger partial charge on any atom is -0.449 e. The Bertz CT molecular complexity index is 754. The number of fused-ring (bicyclic) bond motifs is 1. The molecular formula is C17H15N3O2. The number of carbonyl (C=O) groups is 1. The SMILES string of the molecule is C=CCN1C(=O)/C(=C\c2ccncc2)Oc2ccc(N)cc21. The van der Waals surface area contributed by atoms with Crippen molar-refractivity contribution in [3.8, 4) is 5.75 Å². The molecule has 0 radical (unpaired) electrons. The van der Waals surface area contributed by atoms with Crippen LogP contribution >= 0.6 is 0 Å². The number of anilines is 2. The minimum atomic E-state index is -0.227. The number of hydrogen-bond donors (Lipinski definition) is 1. The van der Waals surface area contributed by atoms with Gasteiger partial charge >= 0.3 is 0 Å². The molecule has 2 heterocycles. The Morgan fingerprint density at radius 2 is 2.05 bits per heavy atom. The molecule has 2 aromatic rings. The molecule has 5 heteroatoms. The van der Waals surface area contributed by atoms with Crippen LogP contribution in [0.3, 0.4) is 0 Å². The molecule has 0 saturated heterocycles. The van der Waals surface area contributed by atoms with E-state index in [9.17, 15) is 4.79 Å². The zero-order valence-corrected chi connectivity index (χ0v) is 11.9. The van der Waals surface area contributed by atoms with Crippen LogP contribution in [0.5, 0.6) is 5.75 Å². The Balaban J connectivity index is 2.05. The van der Waals surface area contributed by atoms with Gasteiger partial charge in [0, 0.05) is 24.6 Å². The summed E-state index contributed by atoms with van der Waals surface area (Å²) in [5, 5.41) is 0. The lowest BCUT2D eigenvalue weighted by molar-refractivity contribution is -0.117. The van der Waals surface area contributed by atoms with E-state index in [-0.39, 0.29) is 11.7 Å². The number of nitrogen functional groups attached to an aromatic ring is 1. The Hall–Kier alpha value is -3.08. The fourth-order valence-electron chi connectivity index (χ4n) is 2.25. The van der Waals surface area contributed by atoms with Gasteiger partial charge in [0.25, 0.3) is 5.91 Å². The molecule has 1 aromatic carbocycles. The number of aromatic nitrogens is 1. The monoisotopic (exact) mass is 293 g/mol. The molecule has 110 valence electrons. The van der Waals surface area contributed by atoms with Gasteiger partial charge in [0.15, 0.2) is 11.5 Å². The Kier molecular flexibility index (Phi) is 3.62. The van der Waals surface area contributed by atoms with E-state index in [1.807, 2.05) is 0 Å². The summed E-state index contributed by atoms with van der Waals surface area (Å²) < 4.78 is 5.74. The van der Waals surface area contributed by atoms with Crippen molar-refractivity contribution in [2.75, 3.05) is 17.2 Å². The molecular weight excluding hydrogens is 278 g/mol. The highest BCUT2D eigenvalue weighted by atomic mass is 16.5. The molecule has 1 aliphatic rings. The highest BCUT2D eigenvalue weighted by Crippen LogP contribution is 2.37. The van der Waals surface area contributed by atoms with Gasteiger partial charge in [-0.25, -0.2) is 0 Å². The van der Waals surface area contributed by atoms with Crippen molar-refractivity contribution >= 4 is 23.4 Å². The van der Waals surface area contributed by atoms with Gasteiger partial charge in [-0.1, -0.05) is 6.08 Å². The summed E-state index contributed by atoms with van der Waals surface area (Å²) in [6, 6.07) is 8.83. The van der Waals surface area contributed by atoms with Crippen LogP contribution in [0.15, 0.2) is 61.1 Å². The maximum atomic E-state index is 12.6. The van der Waals surface area contributed by atoms with Crippen molar-refractivity contribution in [2.45, 2.75) is 0 Å². The number of hydrogen-bond acceptors (Lipinski definition) is 4. The van der Waals surface area contributed by atoms with E-state index < -0.39 is 0 Å². The number of benzene rings is 1. The Morgan fingerprint density at radius 3 is 2.77 bits per heavy atom. The number of pyridine rings is 1. The molecule has 1 amide bonds. The molecule has 1 aromatic heterocycles. The standard InChI is InChI=1S/C17H15N3O2/c1-2-9-20-14-11-13(18)3-4-15(14)22-16(17(20)21)10-12-5-7-19-8-6-12/h2-8,10-11H,1,9,18H2/b16-10+. The van der Waals surface area contributed by atoms with Crippen LogP contribution in [0, 0.1) is 0 Å². The van der Waals surface area contributed by atoms with E-state index in [0.29, 0.717) is 23.7 Å². The second kappa shape index (κ2) is 5.73. The highest BCUT2D eigenvalue weighted by molar-refractivity contribution is 6.10. The predicted octanol–water partition coefficient (Wildman–Crippen LogP) is 2.62. The van der Waals surface area contributed by atoms with E-state index in [4.69, 9.17) is 10.5 Å². The molecule has 3 rings (SSSR count). The van der Waals surface area contributed by atoms with E-state index in [2.05, 4.69) is 11.6 Å². The quantitative estimate of drug-likeness (QED) is 0.536. The second-order valence-corrected chi connectivity index (χ2v) is 4.82. The minimum absolute atomic E-state index is 0.227. The van der Waals surface area contributed by atoms with Crippen LogP contribution in [0.4, 0.5) is 11.4 Å². The summed E-state index contributed by atoms with van der Waals surface area (Å²) in [5.41, 5.74) is 7.87. The van der Waals surface area contributed by atoms with Gasteiger partial charge < -0.3 is 10.5 Å². The van der Waals surface area contributed by atoms with E-state index in [1.165, 1.54) is 0 Å². The van der Waals surface area contributed by atoms with Crippen LogP contribution in [-0.2, 0) is 4.79 Å². The van der Waals surface area contributed by atoms with Crippen molar-refractivity contribution in [2.24, 2.45) is 0 Å². The van der Waals surface area contributed by atoms with Crippen molar-refractivity contribution in [1.29, 1.82) is 0 Å². The van der Waals surface area contributed by atoms with E-state index >= 15 is 0 Å². The third kappa shape index (κ3) is 2.56. The fourth-order valence-corrected chi connectivity index (χ4v) is 2.25. The zero-order valence-electron chi connectivity index (χ0n) is 11.9. The van der Waals surface area contributed by atoms with Crippen LogP contribution < -0.4 is 15.4 Å². The smallest absolute Gasteiger partial charge is 0.294 e. The number of nitrogens with zero attached hydrogens (tertiary/aromatic N) is 2. The summed E-state index contributed by atoms with van der Waals surface area (Å²) in [4.78, 5) is 18.2. The third-order valence-corrected chi connectivity index (χ3v) is 3.27. The molecule has 0 atom stereocenters. The lowest BCUT2D eigenvalue weighted by Crippen LogP contribution is -2.37. The Morgan fingerprint density at radius 1 is 1.27 bits per heavy atom. The predicted molar refractivity (Wildman–Crippen MR) is 86.2 cm³/mol. The maximum Gasteiger partial charge on any atom is 0.294 e. The lowest BCUT2D eigenvalue weighted by Gasteiger charge is -2.30. The number of amides is 1. The summed E-state index contributed by atoms with van der Waals surface area (Å²) in [7, 11) is 0. The molecule has 5 nitrogen and oxygen atoms in total. The van der Waals surface area contributed by atoms with Crippen molar-refractivity contribution < 1.29 is 9.53 Å². The summed E-state index contributed by atoms with van der Waals surface area (Å²) >= 11 is 0. The first-order chi connectivity index (χ1) is 10.7. The number of rotatable bonds is 3. The zero-order chi connectivity index (χ0) is 15.5. The molecule has 0 unspecified atom stereocenters. The molecule has 0 saturated carbocycles. The molecule has 22 heavy (non-hydrogen) atoms. The molecule has 0 fully saturated rings. The first-order valence-corrected chi connectivity index (χ1v) is 6.81. The van der Waals surface area contributed by atoms with E-state index in [1.54, 1.807) is 59.8 Å². The van der Waals surface area contributed by atoms with Gasteiger partial charge in [0.2, 0.25) is 0 Å². The summed E-state index contributed by atoms with van der Waals surface area (Å²) in [5.74, 6) is 0.621. The van der Waals surface area contributed by atoms with Crippen molar-refractivity contribution in [1.82, 2.24) is 4.98 Å². The first kappa shape index (κ1) is 13.9. The summed E-state index contributed by atoms with van der Waals surface area (Å²) in [6.07, 6.45) is 6.69. The average molecular weight is 293 g/mol. The first-order valence-electron chi connectivity index (χ1n) is 6.81. The van der Waals surface area contributed by atoms with Gasteiger partial charge in [-0.2, -0.15) is 0 Å². The third-order valence-electron chi connectivity index (χ3n) is 3.27. The van der Waals surface area contributed by atoms with Crippen LogP contribution in [-0.4, -0.2) is 17.4 Å². The van der Waals surface area contributed by atoms with Gasteiger partial charge in [-0.15, -0.1) is 6.58 Å². The Labute approximate surface area is 128 Å². The van der Waals surface area contributed by atoms with Gasteiger partial charge in [-0.3, -0.25) is 14.7 Å². The lowest BCUT2D eigenvalue weighted by atomic mass is 10.1. The van der Waals surface area contributed by atoms with Crippen LogP contribution in [0.2, 0.25) is 0 Å². The normalized spacial score (nSPS) is 15.4. The molecule has 0 bridgehead atoms. The average Bonchev–Trinajstić information content (AvgIpc) is 2.53. The molecule has 0 aliphatic carbocycles. The van der Waals surface area contributed by atoms with E-state index in [0.717, 1.165) is 5.56 Å². The fraction of sp³-hybridized carbons (Fsp3) is 0.0588. The van der Waals surface area contributed by atoms with Gasteiger partial charge in [0.05, 0.1) is 5.69 Å². The van der Waals surface area contributed by atoms with Gasteiger partial charge in [-0.05, 0) is 42.0 Å². The largest absolute Gasteiger partial charge is 0.449 e. The number of nitrogens with two attached hydrogens (primary N) is 1. The van der Waals surface area contributed by atoms with Crippen molar-refractivity contribution in [3.05, 3.63) is 66.7 Å². The molecule has 2 N–H and O–H groups in total. The molecule has 0 spiro atoms. The van der Waals surface area contributed by atoms with Crippen LogP contribution in [0.25, 0.3) is 6.08 Å².